The third-order valence-electron chi connectivity index (χ3n) is 11.4. The minimum Gasteiger partial charge on any atom is -0.248 e. The lowest BCUT2D eigenvalue weighted by molar-refractivity contribution is 0.563. The van der Waals surface area contributed by atoms with Gasteiger partial charge in [-0.25, -0.2) is 4.98 Å². The van der Waals surface area contributed by atoms with E-state index in [0.717, 1.165) is 22.2 Å². The molecule has 7 aromatic carbocycles. The lowest BCUT2D eigenvalue weighted by Gasteiger charge is -2.46. The average Bonchev–Trinajstić information content (AvgIpc) is 3.48. The second-order valence-corrected chi connectivity index (χ2v) is 14.3. The van der Waals surface area contributed by atoms with Gasteiger partial charge in [-0.1, -0.05) is 172 Å². The average molecular weight is 638 g/mol. The van der Waals surface area contributed by atoms with Crippen molar-refractivity contribution in [1.29, 1.82) is 0 Å². The molecule has 1 heteroatoms. The van der Waals surface area contributed by atoms with E-state index in [-0.39, 0.29) is 5.41 Å². The molecule has 50 heavy (non-hydrogen) atoms. The monoisotopic (exact) mass is 637 g/mol. The smallest absolute Gasteiger partial charge is 0.0719 e. The van der Waals surface area contributed by atoms with Gasteiger partial charge in [0.25, 0.3) is 0 Å². The second-order valence-electron chi connectivity index (χ2n) is 14.3. The summed E-state index contributed by atoms with van der Waals surface area (Å²) in [5.41, 5.74) is 18.4. The van der Waals surface area contributed by atoms with E-state index in [2.05, 4.69) is 184 Å². The van der Waals surface area contributed by atoms with Crippen molar-refractivity contribution in [2.45, 2.75) is 24.7 Å². The van der Waals surface area contributed by atoms with Gasteiger partial charge < -0.3 is 0 Å². The fourth-order valence-corrected chi connectivity index (χ4v) is 9.18. The summed E-state index contributed by atoms with van der Waals surface area (Å²) in [5, 5.41) is 1.16. The quantitative estimate of drug-likeness (QED) is 0.188. The molecule has 1 aromatic heterocycles. The van der Waals surface area contributed by atoms with Crippen molar-refractivity contribution in [3.8, 4) is 44.6 Å². The third kappa shape index (κ3) is 3.92. The maximum absolute atomic E-state index is 5.08. The van der Waals surface area contributed by atoms with Crippen LogP contribution in [0.1, 0.15) is 47.2 Å². The van der Waals surface area contributed by atoms with Crippen molar-refractivity contribution in [1.82, 2.24) is 4.98 Å². The molecule has 0 N–H and O–H groups in total. The topological polar surface area (TPSA) is 12.9 Å². The number of fused-ring (bicyclic) bond motifs is 10. The van der Waals surface area contributed by atoms with Crippen LogP contribution in [0.4, 0.5) is 0 Å². The summed E-state index contributed by atoms with van der Waals surface area (Å²) in [6, 6.07) is 64.8. The number of rotatable bonds is 3. The molecule has 1 heterocycles. The first-order valence-electron chi connectivity index (χ1n) is 17.6. The minimum atomic E-state index is -0.403. The lowest BCUT2D eigenvalue weighted by Crippen LogP contribution is -2.40. The molecular formula is C49H35N. The third-order valence-corrected chi connectivity index (χ3v) is 11.4. The highest BCUT2D eigenvalue weighted by Gasteiger charge is 2.53. The Bertz CT molecular complexity index is 2580. The zero-order chi connectivity index (χ0) is 33.5. The van der Waals surface area contributed by atoms with Crippen LogP contribution in [0.2, 0.25) is 0 Å². The van der Waals surface area contributed by atoms with Gasteiger partial charge in [-0.15, -0.1) is 0 Å². The maximum Gasteiger partial charge on any atom is 0.0719 e. The van der Waals surface area contributed by atoms with Gasteiger partial charge in [0.2, 0.25) is 0 Å². The van der Waals surface area contributed by atoms with E-state index in [1.807, 2.05) is 6.07 Å². The minimum absolute atomic E-state index is 0.114. The molecule has 0 saturated heterocycles. The molecule has 2 aliphatic rings. The Kier molecular flexibility index (Phi) is 6.20. The van der Waals surface area contributed by atoms with Crippen LogP contribution < -0.4 is 0 Å². The summed E-state index contributed by atoms with van der Waals surface area (Å²) in [4.78, 5) is 5.08. The predicted molar refractivity (Wildman–Crippen MR) is 207 cm³/mol. The van der Waals surface area contributed by atoms with E-state index in [1.165, 1.54) is 66.8 Å². The summed E-state index contributed by atoms with van der Waals surface area (Å²) in [7, 11) is 0. The molecule has 0 saturated carbocycles. The van der Waals surface area contributed by atoms with Gasteiger partial charge in [0.15, 0.2) is 0 Å². The Morgan fingerprint density at radius 3 is 1.64 bits per heavy atom. The van der Waals surface area contributed by atoms with E-state index < -0.39 is 5.41 Å². The van der Waals surface area contributed by atoms with Gasteiger partial charge in [-0.2, -0.15) is 0 Å². The summed E-state index contributed by atoms with van der Waals surface area (Å²) in [6.45, 7) is 4.76. The molecular weight excluding hydrogens is 603 g/mol. The first-order chi connectivity index (χ1) is 24.6. The molecule has 0 unspecified atom stereocenters. The molecule has 0 bridgehead atoms. The van der Waals surface area contributed by atoms with Crippen LogP contribution in [-0.4, -0.2) is 4.98 Å². The molecule has 0 aliphatic heterocycles. The van der Waals surface area contributed by atoms with E-state index in [0.29, 0.717) is 0 Å². The summed E-state index contributed by atoms with van der Waals surface area (Å²) >= 11 is 0. The lowest BCUT2D eigenvalue weighted by atomic mass is 9.55. The fourth-order valence-electron chi connectivity index (χ4n) is 9.18. The number of hydrogen-bond donors (Lipinski definition) is 0. The van der Waals surface area contributed by atoms with E-state index >= 15 is 0 Å². The Labute approximate surface area is 293 Å². The normalized spacial score (nSPS) is 14.5. The van der Waals surface area contributed by atoms with Crippen LogP contribution in [0, 0.1) is 0 Å². The Balaban J connectivity index is 1.19. The van der Waals surface area contributed by atoms with Crippen LogP contribution in [-0.2, 0) is 10.8 Å². The fraction of sp³-hybridized carbons (Fsp3) is 0.0816. The highest BCUT2D eigenvalue weighted by atomic mass is 14.7. The summed E-state index contributed by atoms with van der Waals surface area (Å²) < 4.78 is 0. The van der Waals surface area contributed by atoms with E-state index in [1.54, 1.807) is 0 Å². The molecule has 8 aromatic rings. The van der Waals surface area contributed by atoms with Crippen LogP contribution >= 0.6 is 0 Å². The number of hydrogen-bond acceptors (Lipinski definition) is 1. The van der Waals surface area contributed by atoms with Gasteiger partial charge in [0.05, 0.1) is 16.6 Å². The summed E-state index contributed by atoms with van der Waals surface area (Å²) in [6.07, 6.45) is 0. The molecule has 0 amide bonds. The highest BCUT2D eigenvalue weighted by molar-refractivity contribution is 5.99. The molecule has 10 rings (SSSR count). The highest BCUT2D eigenvalue weighted by Crippen LogP contribution is 2.63. The molecule has 1 spiro atoms. The van der Waals surface area contributed by atoms with Crippen LogP contribution in [0.15, 0.2) is 176 Å². The van der Waals surface area contributed by atoms with Gasteiger partial charge >= 0.3 is 0 Å². The Morgan fingerprint density at radius 2 is 0.900 bits per heavy atom. The number of nitrogens with zero attached hydrogens (tertiary/aromatic N) is 1. The van der Waals surface area contributed by atoms with Gasteiger partial charge in [0, 0.05) is 16.4 Å². The van der Waals surface area contributed by atoms with Crippen LogP contribution in [0.25, 0.3) is 55.5 Å². The van der Waals surface area contributed by atoms with Crippen LogP contribution in [0.5, 0.6) is 0 Å². The number of benzene rings is 7. The first kappa shape index (κ1) is 28.9. The van der Waals surface area contributed by atoms with Crippen molar-refractivity contribution in [3.63, 3.8) is 0 Å². The SMILES string of the molecule is CC1(C)c2ccccc2C2(c3ccccc3-c3c(-c4cccc(-c5cccc6nc(-c7ccccc7)ccc56)c4)cccc32)c2ccccc21. The first-order valence-corrected chi connectivity index (χ1v) is 17.6. The van der Waals surface area contributed by atoms with E-state index in [9.17, 15) is 0 Å². The zero-order valence-corrected chi connectivity index (χ0v) is 28.2. The maximum atomic E-state index is 5.08. The summed E-state index contributed by atoms with van der Waals surface area (Å²) in [5.74, 6) is 0. The van der Waals surface area contributed by atoms with Crippen molar-refractivity contribution in [2.24, 2.45) is 0 Å². The molecule has 0 fully saturated rings. The molecule has 236 valence electrons. The van der Waals surface area contributed by atoms with Crippen molar-refractivity contribution >= 4 is 10.9 Å². The molecule has 1 nitrogen and oxygen atoms in total. The number of pyridine rings is 1. The van der Waals surface area contributed by atoms with Crippen LogP contribution in [0.3, 0.4) is 0 Å². The van der Waals surface area contributed by atoms with E-state index in [4.69, 9.17) is 4.98 Å². The van der Waals surface area contributed by atoms with Gasteiger partial charge in [-0.05, 0) is 85.0 Å². The predicted octanol–water partition coefficient (Wildman–Crippen LogP) is 12.2. The largest absolute Gasteiger partial charge is 0.248 e. The van der Waals surface area contributed by atoms with Crippen molar-refractivity contribution in [3.05, 3.63) is 209 Å². The van der Waals surface area contributed by atoms with Crippen molar-refractivity contribution in [2.75, 3.05) is 0 Å². The standard InChI is InChI=1S/C49H35N/c1-48(2)40-23-8-10-25-42(40)49(43-26-11-9-24-41(43)48)39-22-7-6-19-38(39)47-36(21-13-27-44(47)49)34-18-12-17-33(31-34)35-20-14-28-46-37(35)29-30-45(50-46)32-15-4-3-5-16-32/h3-31H,1-2H3. The molecule has 2 aliphatic carbocycles. The Morgan fingerprint density at radius 1 is 0.380 bits per heavy atom. The Hall–Kier alpha value is -6.05. The molecule has 0 atom stereocenters. The zero-order valence-electron chi connectivity index (χ0n) is 28.2. The van der Waals surface area contributed by atoms with Gasteiger partial charge in [-0.3, -0.25) is 0 Å². The number of aromatic nitrogens is 1. The van der Waals surface area contributed by atoms with Gasteiger partial charge in [0.1, 0.15) is 0 Å². The molecule has 0 radical (unpaired) electrons. The second kappa shape index (κ2) is 10.7. The van der Waals surface area contributed by atoms with Crippen molar-refractivity contribution < 1.29 is 0 Å².